The van der Waals surface area contributed by atoms with Gasteiger partial charge in [0, 0.05) is 12.6 Å². The van der Waals surface area contributed by atoms with E-state index in [2.05, 4.69) is 6.92 Å². The molecule has 0 radical (unpaired) electrons. The Balaban J connectivity index is 2.30. The van der Waals surface area contributed by atoms with Gasteiger partial charge in [0.2, 0.25) is 0 Å². The van der Waals surface area contributed by atoms with Crippen LogP contribution in [0.2, 0.25) is 0 Å². The van der Waals surface area contributed by atoms with Crippen LogP contribution in [-0.4, -0.2) is 0 Å². The van der Waals surface area contributed by atoms with Gasteiger partial charge in [0.25, 0.3) is 0 Å². The lowest BCUT2D eigenvalue weighted by molar-refractivity contribution is 0.470. The number of rotatable bonds is 4. The molecule has 0 bridgehead atoms. The zero-order valence-electron chi connectivity index (χ0n) is 10.3. The molecule has 94 valence electrons. The molecule has 0 aromatic heterocycles. The maximum absolute atomic E-state index is 13.4. The van der Waals surface area contributed by atoms with E-state index in [1.54, 1.807) is 6.07 Å². The predicted octanol–water partition coefficient (Wildman–Crippen LogP) is 3.64. The molecule has 3 heteroatoms. The number of benzene rings is 2. The molecule has 0 aliphatic rings. The summed E-state index contributed by atoms with van der Waals surface area (Å²) in [5, 5.41) is 0. The largest absolute Gasteiger partial charge is 0.457 e. The third-order valence-corrected chi connectivity index (χ3v) is 2.75. The minimum atomic E-state index is -0.332. The summed E-state index contributed by atoms with van der Waals surface area (Å²) in [7, 11) is 0. The van der Waals surface area contributed by atoms with Gasteiger partial charge in [0.1, 0.15) is 17.3 Å². The van der Waals surface area contributed by atoms with E-state index in [0.29, 0.717) is 12.3 Å². The van der Waals surface area contributed by atoms with E-state index >= 15 is 0 Å². The second-order valence-corrected chi connectivity index (χ2v) is 4.06. The fraction of sp³-hybridized carbons (Fsp3) is 0.200. The van der Waals surface area contributed by atoms with Crippen LogP contribution in [0.1, 0.15) is 18.1 Å². The van der Waals surface area contributed by atoms with E-state index in [1.807, 2.05) is 24.3 Å². The van der Waals surface area contributed by atoms with Crippen molar-refractivity contribution in [2.45, 2.75) is 19.9 Å². The van der Waals surface area contributed by atoms with Crippen molar-refractivity contribution < 1.29 is 9.13 Å². The molecular weight excluding hydrogens is 229 g/mol. The van der Waals surface area contributed by atoms with Crippen LogP contribution < -0.4 is 10.5 Å². The normalized spacial score (nSPS) is 10.4. The maximum Gasteiger partial charge on any atom is 0.130 e. The predicted molar refractivity (Wildman–Crippen MR) is 70.2 cm³/mol. The number of para-hydroxylation sites is 1. The van der Waals surface area contributed by atoms with Crippen LogP contribution >= 0.6 is 0 Å². The molecule has 18 heavy (non-hydrogen) atoms. The molecule has 0 spiro atoms. The van der Waals surface area contributed by atoms with E-state index in [9.17, 15) is 4.39 Å². The van der Waals surface area contributed by atoms with Crippen molar-refractivity contribution in [1.29, 1.82) is 0 Å². The first kappa shape index (κ1) is 12.6. The second kappa shape index (κ2) is 5.65. The van der Waals surface area contributed by atoms with E-state index < -0.39 is 0 Å². The van der Waals surface area contributed by atoms with Crippen LogP contribution in [-0.2, 0) is 13.0 Å². The molecule has 2 aromatic rings. The summed E-state index contributed by atoms with van der Waals surface area (Å²) in [6.07, 6.45) is 0.870. The first-order valence-corrected chi connectivity index (χ1v) is 5.98. The summed E-state index contributed by atoms with van der Waals surface area (Å²) in [6, 6.07) is 12.3. The smallest absolute Gasteiger partial charge is 0.130 e. The molecule has 2 rings (SSSR count). The van der Waals surface area contributed by atoms with Crippen molar-refractivity contribution in [3.8, 4) is 11.5 Å². The number of aryl methyl sites for hydroxylation is 1. The van der Waals surface area contributed by atoms with Crippen molar-refractivity contribution in [3.63, 3.8) is 0 Å². The van der Waals surface area contributed by atoms with Gasteiger partial charge < -0.3 is 10.5 Å². The van der Waals surface area contributed by atoms with Crippen LogP contribution in [0.25, 0.3) is 0 Å². The highest BCUT2D eigenvalue weighted by atomic mass is 19.1. The Morgan fingerprint density at radius 3 is 2.67 bits per heavy atom. The molecule has 2 aromatic carbocycles. The number of nitrogens with two attached hydrogens (primary N) is 1. The Hall–Kier alpha value is -1.87. The zero-order valence-corrected chi connectivity index (χ0v) is 10.3. The first-order chi connectivity index (χ1) is 8.72. The van der Waals surface area contributed by atoms with Crippen LogP contribution in [0.5, 0.6) is 11.5 Å². The zero-order chi connectivity index (χ0) is 13.0. The minimum Gasteiger partial charge on any atom is -0.457 e. The van der Waals surface area contributed by atoms with Crippen molar-refractivity contribution >= 4 is 0 Å². The summed E-state index contributed by atoms with van der Waals surface area (Å²) in [5.74, 6) is 0.909. The summed E-state index contributed by atoms with van der Waals surface area (Å²) in [4.78, 5) is 0. The highest BCUT2D eigenvalue weighted by molar-refractivity contribution is 5.39. The van der Waals surface area contributed by atoms with Crippen LogP contribution in [0.3, 0.4) is 0 Å². The number of halogens is 1. The van der Waals surface area contributed by atoms with E-state index in [0.717, 1.165) is 23.3 Å². The lowest BCUT2D eigenvalue weighted by Crippen LogP contribution is -1.98. The van der Waals surface area contributed by atoms with Gasteiger partial charge in [-0.25, -0.2) is 4.39 Å². The van der Waals surface area contributed by atoms with Gasteiger partial charge in [-0.2, -0.15) is 0 Å². The van der Waals surface area contributed by atoms with Crippen molar-refractivity contribution in [2.75, 3.05) is 0 Å². The molecule has 0 atom stereocenters. The lowest BCUT2D eigenvalue weighted by atomic mass is 10.1. The third kappa shape index (κ3) is 2.87. The fourth-order valence-corrected chi connectivity index (χ4v) is 1.82. The standard InChI is InChI=1S/C15H16FNO/c1-2-12-5-3-4-6-15(12)18-14-8-11(10-17)7-13(16)9-14/h3-9H,2,10,17H2,1H3. The van der Waals surface area contributed by atoms with Crippen LogP contribution in [0, 0.1) is 5.82 Å². The van der Waals surface area contributed by atoms with Crippen LogP contribution in [0.4, 0.5) is 4.39 Å². The van der Waals surface area contributed by atoms with E-state index in [-0.39, 0.29) is 5.82 Å². The highest BCUT2D eigenvalue weighted by Crippen LogP contribution is 2.27. The maximum atomic E-state index is 13.4. The van der Waals surface area contributed by atoms with Crippen molar-refractivity contribution in [1.82, 2.24) is 0 Å². The molecule has 0 fully saturated rings. The molecule has 0 aliphatic carbocycles. The van der Waals surface area contributed by atoms with Crippen molar-refractivity contribution in [3.05, 3.63) is 59.4 Å². The van der Waals surface area contributed by atoms with Gasteiger partial charge >= 0.3 is 0 Å². The monoisotopic (exact) mass is 245 g/mol. The molecule has 0 aliphatic heterocycles. The van der Waals surface area contributed by atoms with Gasteiger partial charge in [-0.1, -0.05) is 25.1 Å². The SMILES string of the molecule is CCc1ccccc1Oc1cc(F)cc(CN)c1. The Labute approximate surface area is 106 Å². The number of hydrogen-bond donors (Lipinski definition) is 1. The van der Waals surface area contributed by atoms with Gasteiger partial charge in [0.05, 0.1) is 0 Å². The van der Waals surface area contributed by atoms with Gasteiger partial charge in [-0.15, -0.1) is 0 Å². The Morgan fingerprint density at radius 1 is 1.17 bits per heavy atom. The Morgan fingerprint density at radius 2 is 1.94 bits per heavy atom. The molecule has 0 unspecified atom stereocenters. The summed E-state index contributed by atoms with van der Waals surface area (Å²) in [6.45, 7) is 2.35. The third-order valence-electron chi connectivity index (χ3n) is 2.75. The molecular formula is C15H16FNO. The lowest BCUT2D eigenvalue weighted by Gasteiger charge is -2.11. The van der Waals surface area contributed by atoms with E-state index in [4.69, 9.17) is 10.5 Å². The average Bonchev–Trinajstić information content (AvgIpc) is 2.38. The summed E-state index contributed by atoms with van der Waals surface area (Å²) < 4.78 is 19.1. The van der Waals surface area contributed by atoms with E-state index in [1.165, 1.54) is 12.1 Å². The second-order valence-electron chi connectivity index (χ2n) is 4.06. The van der Waals surface area contributed by atoms with Gasteiger partial charge in [0.15, 0.2) is 0 Å². The van der Waals surface area contributed by atoms with Crippen LogP contribution in [0.15, 0.2) is 42.5 Å². The first-order valence-electron chi connectivity index (χ1n) is 5.98. The van der Waals surface area contributed by atoms with Gasteiger partial charge in [-0.05, 0) is 35.7 Å². The molecule has 2 nitrogen and oxygen atoms in total. The minimum absolute atomic E-state index is 0.295. The quantitative estimate of drug-likeness (QED) is 0.892. The molecule has 2 N–H and O–H groups in total. The molecule has 0 saturated carbocycles. The highest BCUT2D eigenvalue weighted by Gasteiger charge is 2.05. The number of hydrogen-bond acceptors (Lipinski definition) is 2. The topological polar surface area (TPSA) is 35.2 Å². The van der Waals surface area contributed by atoms with Gasteiger partial charge in [-0.3, -0.25) is 0 Å². The number of ether oxygens (including phenoxy) is 1. The molecule has 0 saturated heterocycles. The fourth-order valence-electron chi connectivity index (χ4n) is 1.82. The summed E-state index contributed by atoms with van der Waals surface area (Å²) >= 11 is 0. The Kier molecular flexibility index (Phi) is 3.95. The molecule has 0 heterocycles. The Bertz CT molecular complexity index is 540. The van der Waals surface area contributed by atoms with Crippen molar-refractivity contribution in [2.24, 2.45) is 5.73 Å². The molecule has 0 amide bonds. The average molecular weight is 245 g/mol. The summed E-state index contributed by atoms with van der Waals surface area (Å²) in [5.41, 5.74) is 7.33.